The molecule has 1 heterocycles. The number of nitrogens with one attached hydrogen (secondary N) is 2. The summed E-state index contributed by atoms with van der Waals surface area (Å²) in [7, 11) is -3.71. The van der Waals surface area contributed by atoms with E-state index in [0.717, 1.165) is 35.1 Å². The van der Waals surface area contributed by atoms with Crippen LogP contribution in [-0.2, 0) is 10.0 Å². The van der Waals surface area contributed by atoms with Gasteiger partial charge >= 0.3 is 0 Å². The number of aryl methyl sites for hydroxylation is 1. The second kappa shape index (κ2) is 7.69. The molecule has 6 heteroatoms. The summed E-state index contributed by atoms with van der Waals surface area (Å²) in [6, 6.07) is 19.7. The third-order valence-corrected chi connectivity index (χ3v) is 6.85. The van der Waals surface area contributed by atoms with Gasteiger partial charge in [-0.05, 0) is 49.9 Å². The monoisotopic (exact) mass is 409 g/mol. The van der Waals surface area contributed by atoms with Gasteiger partial charge in [-0.15, -0.1) is 0 Å². The summed E-state index contributed by atoms with van der Waals surface area (Å²) in [6.45, 7) is 8.04. The van der Waals surface area contributed by atoms with Gasteiger partial charge in [0.25, 0.3) is 10.0 Å². The molecule has 1 aliphatic heterocycles. The molecule has 0 saturated carbocycles. The van der Waals surface area contributed by atoms with Crippen LogP contribution in [0.1, 0.15) is 19.4 Å². The number of hydrogen-bond acceptors (Lipinski definition) is 4. The topological polar surface area (TPSA) is 61.4 Å². The van der Waals surface area contributed by atoms with Crippen LogP contribution in [0.3, 0.4) is 0 Å². The highest BCUT2D eigenvalue weighted by atomic mass is 32.2. The minimum Gasteiger partial charge on any atom is -0.368 e. The fourth-order valence-electron chi connectivity index (χ4n) is 4.08. The minimum absolute atomic E-state index is 0.296. The number of sulfonamides is 1. The van der Waals surface area contributed by atoms with Crippen LogP contribution in [0.15, 0.2) is 65.6 Å². The molecule has 2 atom stereocenters. The summed E-state index contributed by atoms with van der Waals surface area (Å²) in [5.74, 6) is 0. The van der Waals surface area contributed by atoms with Gasteiger partial charge in [0.05, 0.1) is 10.6 Å². The fraction of sp³-hybridized carbons (Fsp3) is 0.304. The molecule has 0 amide bonds. The number of fused-ring (bicyclic) bond motifs is 1. The highest BCUT2D eigenvalue weighted by Gasteiger charge is 2.23. The molecular weight excluding hydrogens is 382 g/mol. The fourth-order valence-corrected chi connectivity index (χ4v) is 5.44. The van der Waals surface area contributed by atoms with Crippen molar-refractivity contribution >= 4 is 32.2 Å². The summed E-state index contributed by atoms with van der Waals surface area (Å²) in [5, 5.41) is 5.16. The Morgan fingerprint density at radius 2 is 1.66 bits per heavy atom. The summed E-state index contributed by atoms with van der Waals surface area (Å²) >= 11 is 0. The molecule has 0 unspecified atom stereocenters. The Labute approximate surface area is 172 Å². The Morgan fingerprint density at radius 3 is 2.41 bits per heavy atom. The van der Waals surface area contributed by atoms with Crippen molar-refractivity contribution in [1.29, 1.82) is 0 Å². The maximum atomic E-state index is 13.2. The number of piperazine rings is 1. The molecule has 4 rings (SSSR count). The Bertz CT molecular complexity index is 1130. The molecule has 152 valence electrons. The van der Waals surface area contributed by atoms with Crippen molar-refractivity contribution in [2.45, 2.75) is 37.8 Å². The first-order valence-corrected chi connectivity index (χ1v) is 11.4. The van der Waals surface area contributed by atoms with Crippen LogP contribution in [0, 0.1) is 6.92 Å². The van der Waals surface area contributed by atoms with Gasteiger partial charge in [-0.1, -0.05) is 42.5 Å². The van der Waals surface area contributed by atoms with Gasteiger partial charge in [0, 0.05) is 36.2 Å². The van der Waals surface area contributed by atoms with E-state index in [2.05, 4.69) is 34.9 Å². The molecule has 2 N–H and O–H groups in total. The van der Waals surface area contributed by atoms with Gasteiger partial charge in [-0.2, -0.15) is 0 Å². The normalized spacial score (nSPS) is 20.0. The van der Waals surface area contributed by atoms with E-state index < -0.39 is 10.0 Å². The predicted octanol–water partition coefficient (Wildman–Crippen LogP) is 4.14. The van der Waals surface area contributed by atoms with Crippen molar-refractivity contribution in [1.82, 2.24) is 5.32 Å². The van der Waals surface area contributed by atoms with E-state index in [9.17, 15) is 8.42 Å². The maximum Gasteiger partial charge on any atom is 0.262 e. The largest absolute Gasteiger partial charge is 0.368 e. The van der Waals surface area contributed by atoms with Crippen LogP contribution in [0.2, 0.25) is 0 Å². The van der Waals surface area contributed by atoms with Crippen LogP contribution < -0.4 is 14.9 Å². The average molecular weight is 410 g/mol. The van der Waals surface area contributed by atoms with Crippen molar-refractivity contribution in [3.05, 3.63) is 66.2 Å². The van der Waals surface area contributed by atoms with E-state index in [-0.39, 0.29) is 0 Å². The van der Waals surface area contributed by atoms with E-state index >= 15 is 0 Å². The number of hydrogen-bond donors (Lipinski definition) is 2. The van der Waals surface area contributed by atoms with E-state index in [1.807, 2.05) is 49.4 Å². The summed E-state index contributed by atoms with van der Waals surface area (Å²) in [6.07, 6.45) is 0. The number of benzene rings is 3. The third-order valence-electron chi connectivity index (χ3n) is 5.43. The molecule has 1 fully saturated rings. The van der Waals surface area contributed by atoms with Crippen molar-refractivity contribution in [3.63, 3.8) is 0 Å². The molecule has 0 aliphatic carbocycles. The molecule has 0 aromatic heterocycles. The highest BCUT2D eigenvalue weighted by Crippen LogP contribution is 2.29. The van der Waals surface area contributed by atoms with E-state index in [1.54, 1.807) is 12.1 Å². The van der Waals surface area contributed by atoms with E-state index in [4.69, 9.17) is 0 Å². The lowest BCUT2D eigenvalue weighted by atomic mass is 10.1. The summed E-state index contributed by atoms with van der Waals surface area (Å²) in [5.41, 5.74) is 2.55. The molecule has 3 aromatic rings. The highest BCUT2D eigenvalue weighted by molar-refractivity contribution is 7.93. The first-order chi connectivity index (χ1) is 13.8. The molecule has 29 heavy (non-hydrogen) atoms. The van der Waals surface area contributed by atoms with Crippen LogP contribution in [0.5, 0.6) is 0 Å². The number of anilines is 2. The lowest BCUT2D eigenvalue weighted by molar-refractivity contribution is 0.407. The van der Waals surface area contributed by atoms with Crippen LogP contribution in [-0.4, -0.2) is 33.6 Å². The van der Waals surface area contributed by atoms with Gasteiger partial charge in [-0.3, -0.25) is 4.72 Å². The van der Waals surface area contributed by atoms with Crippen molar-refractivity contribution in [2.75, 3.05) is 22.7 Å². The molecule has 0 bridgehead atoms. The van der Waals surface area contributed by atoms with E-state index in [1.165, 1.54) is 0 Å². The average Bonchev–Trinajstić information content (AvgIpc) is 2.68. The molecule has 0 radical (unpaired) electrons. The zero-order valence-corrected chi connectivity index (χ0v) is 17.8. The zero-order valence-electron chi connectivity index (χ0n) is 17.0. The lowest BCUT2D eigenvalue weighted by Gasteiger charge is -2.38. The first kappa shape index (κ1) is 19.7. The molecule has 3 aromatic carbocycles. The van der Waals surface area contributed by atoms with Crippen molar-refractivity contribution in [2.24, 2.45) is 0 Å². The van der Waals surface area contributed by atoms with Crippen molar-refractivity contribution in [3.8, 4) is 0 Å². The smallest absolute Gasteiger partial charge is 0.262 e. The molecular formula is C23H27N3O2S. The van der Waals surface area contributed by atoms with Crippen molar-refractivity contribution < 1.29 is 8.42 Å². The lowest BCUT2D eigenvalue weighted by Crippen LogP contribution is -2.54. The van der Waals surface area contributed by atoms with Crippen LogP contribution in [0.4, 0.5) is 11.4 Å². The molecule has 0 spiro atoms. The quantitative estimate of drug-likeness (QED) is 0.680. The Morgan fingerprint density at radius 1 is 0.966 bits per heavy atom. The predicted molar refractivity (Wildman–Crippen MR) is 120 cm³/mol. The van der Waals surface area contributed by atoms with Crippen LogP contribution in [0.25, 0.3) is 10.8 Å². The second-order valence-corrected chi connectivity index (χ2v) is 9.61. The van der Waals surface area contributed by atoms with Crippen LogP contribution >= 0.6 is 0 Å². The zero-order chi connectivity index (χ0) is 20.6. The van der Waals surface area contributed by atoms with Gasteiger partial charge in [0.1, 0.15) is 0 Å². The molecule has 5 nitrogen and oxygen atoms in total. The SMILES string of the molecule is Cc1ccc(N2C[C@@H](C)N[C@@H](C)C2)cc1NS(=O)(=O)c1cccc2ccccc12. The third kappa shape index (κ3) is 4.09. The Kier molecular flexibility index (Phi) is 5.23. The Balaban J connectivity index is 1.68. The summed E-state index contributed by atoms with van der Waals surface area (Å²) < 4.78 is 29.3. The standard InChI is InChI=1S/C23H27N3O2S/c1-16-11-12-20(26-14-17(2)24-18(3)15-26)13-22(16)25-29(27,28)23-10-6-8-19-7-4-5-9-21(19)23/h4-13,17-18,24-25H,14-15H2,1-3H3/t17-,18+. The van der Waals surface area contributed by atoms with Gasteiger partial charge in [-0.25, -0.2) is 8.42 Å². The maximum absolute atomic E-state index is 13.2. The Hall–Kier alpha value is -2.57. The number of nitrogens with zero attached hydrogens (tertiary/aromatic N) is 1. The first-order valence-electron chi connectivity index (χ1n) is 9.96. The molecule has 1 aliphatic rings. The molecule has 1 saturated heterocycles. The number of rotatable bonds is 4. The minimum atomic E-state index is -3.71. The van der Waals surface area contributed by atoms with Gasteiger partial charge in [0.15, 0.2) is 0 Å². The second-order valence-electron chi connectivity index (χ2n) is 7.96. The van der Waals surface area contributed by atoms with Gasteiger partial charge in [0.2, 0.25) is 0 Å². The van der Waals surface area contributed by atoms with Gasteiger partial charge < -0.3 is 10.2 Å². The van der Waals surface area contributed by atoms with E-state index in [0.29, 0.717) is 22.7 Å². The summed E-state index contributed by atoms with van der Waals surface area (Å²) in [4.78, 5) is 2.60.